The lowest BCUT2D eigenvalue weighted by Crippen LogP contribution is -2.33. The molecule has 0 aliphatic carbocycles. The van der Waals surface area contributed by atoms with Crippen molar-refractivity contribution in [3.05, 3.63) is 81.8 Å². The lowest BCUT2D eigenvalue weighted by atomic mass is 10.1. The molecule has 2 aromatic carbocycles. The van der Waals surface area contributed by atoms with E-state index in [2.05, 4.69) is 15.6 Å². The van der Waals surface area contributed by atoms with Crippen LogP contribution in [0, 0.1) is 0 Å². The molecule has 1 aromatic heterocycles. The topological polar surface area (TPSA) is 71.1 Å². The van der Waals surface area contributed by atoms with Gasteiger partial charge in [0.2, 0.25) is 11.8 Å². The summed E-state index contributed by atoms with van der Waals surface area (Å²) < 4.78 is 0. The molecule has 0 saturated heterocycles. The maximum Gasteiger partial charge on any atom is 0.245 e. The quantitative estimate of drug-likeness (QED) is 0.636. The summed E-state index contributed by atoms with van der Waals surface area (Å²) in [6.45, 7) is -0.0922. The van der Waals surface area contributed by atoms with E-state index in [9.17, 15) is 9.59 Å². The third-order valence-corrected chi connectivity index (χ3v) is 5.06. The van der Waals surface area contributed by atoms with Crippen molar-refractivity contribution >= 4 is 39.9 Å². The summed E-state index contributed by atoms with van der Waals surface area (Å²) in [4.78, 5) is 29.1. The number of carbonyl (C=O) groups is 2. The highest BCUT2D eigenvalue weighted by Crippen LogP contribution is 2.24. The molecule has 0 aliphatic heterocycles. The first kappa shape index (κ1) is 19.1. The number of hydrogen-bond acceptors (Lipinski definition) is 4. The van der Waals surface area contributed by atoms with E-state index in [0.29, 0.717) is 16.6 Å². The van der Waals surface area contributed by atoms with Crippen molar-refractivity contribution in [3.63, 3.8) is 0 Å². The van der Waals surface area contributed by atoms with Gasteiger partial charge in [0.05, 0.1) is 13.0 Å². The molecule has 7 heteroatoms. The Bertz CT molecular complexity index is 928. The molecule has 27 heavy (non-hydrogen) atoms. The number of amides is 2. The van der Waals surface area contributed by atoms with Crippen LogP contribution in [0.5, 0.6) is 0 Å². The van der Waals surface area contributed by atoms with Gasteiger partial charge >= 0.3 is 0 Å². The van der Waals surface area contributed by atoms with Crippen LogP contribution < -0.4 is 10.6 Å². The molecule has 0 radical (unpaired) electrons. The van der Waals surface area contributed by atoms with Gasteiger partial charge in [0, 0.05) is 22.5 Å². The van der Waals surface area contributed by atoms with Gasteiger partial charge in [-0.2, -0.15) is 0 Å². The largest absolute Gasteiger partial charge is 0.347 e. The number of anilines is 1. The van der Waals surface area contributed by atoms with Crippen molar-refractivity contribution in [2.24, 2.45) is 0 Å². The summed E-state index contributed by atoms with van der Waals surface area (Å²) in [6.07, 6.45) is 2.62. The fraction of sp³-hybridized carbons (Fsp3) is 0.150. The fourth-order valence-corrected chi connectivity index (χ4v) is 3.52. The summed E-state index contributed by atoms with van der Waals surface area (Å²) in [7, 11) is 0. The minimum absolute atomic E-state index is 0.0922. The second-order valence-corrected chi connectivity index (χ2v) is 7.41. The molecule has 1 heterocycles. The zero-order valence-electron chi connectivity index (χ0n) is 14.4. The third kappa shape index (κ3) is 5.91. The molecule has 0 unspecified atom stereocenters. The van der Waals surface area contributed by atoms with Gasteiger partial charge in [-0.15, -0.1) is 11.3 Å². The second-order valence-electron chi connectivity index (χ2n) is 5.89. The van der Waals surface area contributed by atoms with Crippen LogP contribution in [0.2, 0.25) is 5.02 Å². The normalized spacial score (nSPS) is 10.4. The van der Waals surface area contributed by atoms with Gasteiger partial charge in [0.15, 0.2) is 5.13 Å². The Kier molecular flexibility index (Phi) is 6.57. The molecule has 2 N–H and O–H groups in total. The van der Waals surface area contributed by atoms with Gasteiger partial charge in [0.25, 0.3) is 0 Å². The summed E-state index contributed by atoms with van der Waals surface area (Å²) >= 11 is 7.56. The molecule has 0 saturated carbocycles. The molecule has 0 fully saturated rings. The van der Waals surface area contributed by atoms with E-state index >= 15 is 0 Å². The maximum absolute atomic E-state index is 12.0. The number of halogens is 1. The number of nitrogens with one attached hydrogen (secondary N) is 2. The van der Waals surface area contributed by atoms with E-state index in [0.717, 1.165) is 16.0 Å². The number of aromatic nitrogens is 1. The molecular weight excluding hydrogens is 382 g/mol. The zero-order valence-corrected chi connectivity index (χ0v) is 16.0. The van der Waals surface area contributed by atoms with Crippen LogP contribution in [0.4, 0.5) is 5.13 Å². The van der Waals surface area contributed by atoms with E-state index in [-0.39, 0.29) is 24.8 Å². The Balaban J connectivity index is 1.46. The molecule has 3 rings (SSSR count). The summed E-state index contributed by atoms with van der Waals surface area (Å²) in [5.41, 5.74) is 1.91. The van der Waals surface area contributed by atoms with Crippen LogP contribution in [0.1, 0.15) is 16.0 Å². The highest BCUT2D eigenvalue weighted by atomic mass is 35.5. The Labute approximate surface area is 166 Å². The van der Waals surface area contributed by atoms with Gasteiger partial charge in [-0.3, -0.25) is 9.59 Å². The maximum atomic E-state index is 12.0. The summed E-state index contributed by atoms with van der Waals surface area (Å²) in [5.74, 6) is -0.509. The SMILES string of the molecule is O=C(Cc1ccccc1)NCC(=O)Nc1ncc(Cc2ccccc2Cl)s1. The number of rotatable bonds is 7. The van der Waals surface area contributed by atoms with Crippen molar-refractivity contribution in [1.82, 2.24) is 10.3 Å². The average molecular weight is 400 g/mol. The van der Waals surface area contributed by atoms with Crippen LogP contribution in [0.25, 0.3) is 0 Å². The first-order chi connectivity index (χ1) is 13.1. The van der Waals surface area contributed by atoms with Crippen LogP contribution in [-0.4, -0.2) is 23.3 Å². The van der Waals surface area contributed by atoms with Crippen molar-refractivity contribution in [2.45, 2.75) is 12.8 Å². The van der Waals surface area contributed by atoms with E-state index in [1.165, 1.54) is 11.3 Å². The highest BCUT2D eigenvalue weighted by Gasteiger charge is 2.10. The molecule has 2 amide bonds. The van der Waals surface area contributed by atoms with Gasteiger partial charge in [-0.25, -0.2) is 4.98 Å². The molecule has 0 aliphatic rings. The predicted molar refractivity (Wildman–Crippen MR) is 108 cm³/mol. The predicted octanol–water partition coefficient (Wildman–Crippen LogP) is 3.68. The van der Waals surface area contributed by atoms with Gasteiger partial charge in [-0.1, -0.05) is 60.1 Å². The lowest BCUT2D eigenvalue weighted by Gasteiger charge is -2.05. The highest BCUT2D eigenvalue weighted by molar-refractivity contribution is 7.15. The van der Waals surface area contributed by atoms with Crippen LogP contribution >= 0.6 is 22.9 Å². The third-order valence-electron chi connectivity index (χ3n) is 3.78. The minimum Gasteiger partial charge on any atom is -0.347 e. The summed E-state index contributed by atoms with van der Waals surface area (Å²) in [6, 6.07) is 17.0. The van der Waals surface area contributed by atoms with Gasteiger partial charge < -0.3 is 10.6 Å². The van der Waals surface area contributed by atoms with Gasteiger partial charge in [-0.05, 0) is 17.2 Å². The summed E-state index contributed by atoms with van der Waals surface area (Å²) in [5, 5.41) is 6.52. The monoisotopic (exact) mass is 399 g/mol. The van der Waals surface area contributed by atoms with Crippen molar-refractivity contribution in [2.75, 3.05) is 11.9 Å². The molecule has 3 aromatic rings. The number of benzene rings is 2. The number of nitrogens with zero attached hydrogens (tertiary/aromatic N) is 1. The molecule has 0 spiro atoms. The molecule has 0 atom stereocenters. The standard InChI is InChI=1S/C20H18ClN3O2S/c21-17-9-5-4-8-15(17)11-16-12-23-20(27-16)24-19(26)13-22-18(25)10-14-6-2-1-3-7-14/h1-9,12H,10-11,13H2,(H,22,25)(H,23,24,26). The number of thiazole rings is 1. The molecule has 0 bridgehead atoms. The first-order valence-corrected chi connectivity index (χ1v) is 9.58. The number of carbonyl (C=O) groups excluding carboxylic acids is 2. The van der Waals surface area contributed by atoms with Crippen molar-refractivity contribution in [3.8, 4) is 0 Å². The second kappa shape index (κ2) is 9.30. The smallest absolute Gasteiger partial charge is 0.245 e. The zero-order chi connectivity index (χ0) is 19.1. The lowest BCUT2D eigenvalue weighted by molar-refractivity contribution is -0.123. The van der Waals surface area contributed by atoms with E-state index < -0.39 is 0 Å². The van der Waals surface area contributed by atoms with Crippen LogP contribution in [0.15, 0.2) is 60.8 Å². The van der Waals surface area contributed by atoms with Crippen molar-refractivity contribution in [1.29, 1.82) is 0 Å². The Morgan fingerprint density at radius 3 is 2.52 bits per heavy atom. The van der Waals surface area contributed by atoms with E-state index in [1.807, 2.05) is 54.6 Å². The average Bonchev–Trinajstić information content (AvgIpc) is 3.10. The van der Waals surface area contributed by atoms with Crippen LogP contribution in [0.3, 0.4) is 0 Å². The van der Waals surface area contributed by atoms with E-state index in [4.69, 9.17) is 11.6 Å². The molecule has 138 valence electrons. The Morgan fingerprint density at radius 1 is 1.00 bits per heavy atom. The van der Waals surface area contributed by atoms with Crippen LogP contribution in [-0.2, 0) is 22.4 Å². The Hall–Kier alpha value is -2.70. The number of hydrogen-bond donors (Lipinski definition) is 2. The fourth-order valence-electron chi connectivity index (χ4n) is 2.46. The molecular formula is C20H18ClN3O2S. The van der Waals surface area contributed by atoms with E-state index in [1.54, 1.807) is 6.20 Å². The molecule has 5 nitrogen and oxygen atoms in total. The first-order valence-electron chi connectivity index (χ1n) is 8.39. The van der Waals surface area contributed by atoms with Gasteiger partial charge in [0.1, 0.15) is 0 Å². The minimum atomic E-state index is -0.310. The van der Waals surface area contributed by atoms with Crippen molar-refractivity contribution < 1.29 is 9.59 Å². The Morgan fingerprint density at radius 2 is 1.74 bits per heavy atom.